The fraction of sp³-hybridized carbons (Fsp3) is 0.467. The first-order chi connectivity index (χ1) is 9.50. The van der Waals surface area contributed by atoms with Crippen LogP contribution in [0.15, 0.2) is 24.3 Å². The second-order valence-electron chi connectivity index (χ2n) is 5.03. The quantitative estimate of drug-likeness (QED) is 0.571. The molecular weight excluding hydrogens is 272 g/mol. The number of thiocarbonyl (C=S) groups is 1. The number of benzene rings is 1. The summed E-state index contributed by atoms with van der Waals surface area (Å²) in [6.07, 6.45) is 1.12. The van der Waals surface area contributed by atoms with Gasteiger partial charge in [0.15, 0.2) is 0 Å². The Kier molecular flexibility index (Phi) is 7.18. The molecule has 1 amide bonds. The van der Waals surface area contributed by atoms with Gasteiger partial charge in [0.25, 0.3) is 0 Å². The van der Waals surface area contributed by atoms with Gasteiger partial charge in [-0.2, -0.15) is 0 Å². The molecule has 3 N–H and O–H groups in total. The van der Waals surface area contributed by atoms with Crippen LogP contribution >= 0.6 is 12.2 Å². The van der Waals surface area contributed by atoms with Crippen molar-refractivity contribution in [1.29, 1.82) is 0 Å². The lowest BCUT2D eigenvalue weighted by atomic mass is 10.1. The Morgan fingerprint density at radius 2 is 2.10 bits per heavy atom. The first-order valence-corrected chi connectivity index (χ1v) is 7.18. The minimum atomic E-state index is -0.0538. The molecule has 0 aliphatic carbocycles. The second-order valence-corrected chi connectivity index (χ2v) is 5.47. The molecule has 0 saturated heterocycles. The van der Waals surface area contributed by atoms with Crippen molar-refractivity contribution in [2.24, 2.45) is 11.7 Å². The maximum absolute atomic E-state index is 11.8. The van der Waals surface area contributed by atoms with Crippen molar-refractivity contribution >= 4 is 28.8 Å². The van der Waals surface area contributed by atoms with Gasteiger partial charge in [-0.25, -0.2) is 0 Å². The molecule has 0 unspecified atom stereocenters. The summed E-state index contributed by atoms with van der Waals surface area (Å²) in [7, 11) is 0. The predicted octanol–water partition coefficient (Wildman–Crippen LogP) is 2.71. The zero-order valence-corrected chi connectivity index (χ0v) is 12.8. The van der Waals surface area contributed by atoms with Gasteiger partial charge >= 0.3 is 0 Å². The van der Waals surface area contributed by atoms with E-state index in [-0.39, 0.29) is 10.9 Å². The molecule has 0 heterocycles. The molecule has 0 fully saturated rings. The molecule has 0 atom stereocenters. The highest BCUT2D eigenvalue weighted by Gasteiger charge is 2.08. The number of carbonyl (C=O) groups is 1. The minimum Gasteiger partial charge on any atom is -0.389 e. The molecule has 110 valence electrons. The first kappa shape index (κ1) is 16.6. The van der Waals surface area contributed by atoms with E-state index in [1.165, 1.54) is 0 Å². The molecule has 0 saturated carbocycles. The smallest absolute Gasteiger partial charge is 0.224 e. The van der Waals surface area contributed by atoms with E-state index in [2.05, 4.69) is 19.2 Å². The summed E-state index contributed by atoms with van der Waals surface area (Å²) in [5.41, 5.74) is 6.97. The van der Waals surface area contributed by atoms with Crippen molar-refractivity contribution in [3.8, 4) is 0 Å². The van der Waals surface area contributed by atoms with Crippen LogP contribution in [0.2, 0.25) is 0 Å². The van der Waals surface area contributed by atoms with Gasteiger partial charge in [0.05, 0.1) is 5.69 Å². The van der Waals surface area contributed by atoms with Crippen LogP contribution in [0.1, 0.15) is 32.3 Å². The van der Waals surface area contributed by atoms with Crippen LogP contribution in [0.4, 0.5) is 5.69 Å². The molecule has 0 aliphatic heterocycles. The predicted molar refractivity (Wildman–Crippen MR) is 85.9 cm³/mol. The van der Waals surface area contributed by atoms with E-state index in [1.807, 2.05) is 12.1 Å². The fourth-order valence-corrected chi connectivity index (χ4v) is 1.85. The van der Waals surface area contributed by atoms with Gasteiger partial charge in [-0.1, -0.05) is 38.2 Å². The third-order valence-electron chi connectivity index (χ3n) is 2.61. The molecular formula is C15H22N2O2S. The van der Waals surface area contributed by atoms with Gasteiger partial charge in [-0.05, 0) is 24.5 Å². The van der Waals surface area contributed by atoms with Crippen molar-refractivity contribution < 1.29 is 9.53 Å². The molecule has 1 aromatic carbocycles. The normalized spacial score (nSPS) is 10.6. The molecule has 0 aromatic heterocycles. The van der Waals surface area contributed by atoms with E-state index in [4.69, 9.17) is 22.7 Å². The lowest BCUT2D eigenvalue weighted by Crippen LogP contribution is -2.17. The van der Waals surface area contributed by atoms with E-state index < -0.39 is 0 Å². The summed E-state index contributed by atoms with van der Waals surface area (Å²) < 4.78 is 5.44. The Hall–Kier alpha value is -1.46. The average Bonchev–Trinajstić information content (AvgIpc) is 2.38. The van der Waals surface area contributed by atoms with Crippen molar-refractivity contribution in [3.63, 3.8) is 0 Å². The summed E-state index contributed by atoms with van der Waals surface area (Å²) in [6, 6.07) is 7.26. The van der Waals surface area contributed by atoms with Crippen LogP contribution in [0.25, 0.3) is 0 Å². The molecule has 0 radical (unpaired) electrons. The maximum atomic E-state index is 11.8. The number of para-hydroxylation sites is 1. The Labute approximate surface area is 125 Å². The number of ether oxygens (including phenoxy) is 1. The number of nitrogens with two attached hydrogens (primary N) is 1. The molecule has 1 rings (SSSR count). The number of rotatable bonds is 8. The fourth-order valence-electron chi connectivity index (χ4n) is 1.67. The molecule has 0 bridgehead atoms. The standard InChI is InChI=1S/C15H22N2O2S/c1-11(2)10-19-9-5-8-14(18)17-13-7-4-3-6-12(13)15(16)20/h3-4,6-7,11H,5,8-10H2,1-2H3,(H2,16,20)(H,17,18). The summed E-state index contributed by atoms with van der Waals surface area (Å²) in [5.74, 6) is 0.461. The average molecular weight is 294 g/mol. The Balaban J connectivity index is 2.37. The number of hydrogen-bond donors (Lipinski definition) is 2. The van der Waals surface area contributed by atoms with Crippen molar-refractivity contribution in [1.82, 2.24) is 0 Å². The lowest BCUT2D eigenvalue weighted by Gasteiger charge is -2.10. The highest BCUT2D eigenvalue weighted by molar-refractivity contribution is 7.80. The van der Waals surface area contributed by atoms with E-state index in [9.17, 15) is 4.79 Å². The number of amides is 1. The van der Waals surface area contributed by atoms with Gasteiger partial charge < -0.3 is 15.8 Å². The Morgan fingerprint density at radius 1 is 1.40 bits per heavy atom. The number of nitrogens with one attached hydrogen (secondary N) is 1. The van der Waals surface area contributed by atoms with Gasteiger partial charge in [0.1, 0.15) is 4.99 Å². The Morgan fingerprint density at radius 3 is 2.75 bits per heavy atom. The molecule has 5 heteroatoms. The Bertz CT molecular complexity index is 461. The molecule has 1 aromatic rings. The summed E-state index contributed by atoms with van der Waals surface area (Å²) in [5, 5.41) is 2.83. The SMILES string of the molecule is CC(C)COCCCC(=O)Nc1ccccc1C(N)=S. The van der Waals surface area contributed by atoms with Gasteiger partial charge in [0, 0.05) is 25.2 Å². The maximum Gasteiger partial charge on any atom is 0.224 e. The first-order valence-electron chi connectivity index (χ1n) is 6.77. The zero-order chi connectivity index (χ0) is 15.0. The molecule has 0 spiro atoms. The third kappa shape index (κ3) is 6.12. The third-order valence-corrected chi connectivity index (χ3v) is 2.83. The highest BCUT2D eigenvalue weighted by Crippen LogP contribution is 2.15. The zero-order valence-electron chi connectivity index (χ0n) is 12.0. The summed E-state index contributed by atoms with van der Waals surface area (Å²) >= 11 is 4.96. The van der Waals surface area contributed by atoms with Crippen LogP contribution in [0.5, 0.6) is 0 Å². The minimum absolute atomic E-state index is 0.0538. The molecule has 0 aliphatic rings. The van der Waals surface area contributed by atoms with Crippen molar-refractivity contribution in [2.75, 3.05) is 18.5 Å². The number of hydrogen-bond acceptors (Lipinski definition) is 3. The number of anilines is 1. The van der Waals surface area contributed by atoms with Crippen molar-refractivity contribution in [2.45, 2.75) is 26.7 Å². The van der Waals surface area contributed by atoms with E-state index in [0.717, 1.165) is 6.61 Å². The van der Waals surface area contributed by atoms with Crippen LogP contribution in [0.3, 0.4) is 0 Å². The second kappa shape index (κ2) is 8.66. The van der Waals surface area contributed by atoms with Gasteiger partial charge in [0.2, 0.25) is 5.91 Å². The van der Waals surface area contributed by atoms with E-state index >= 15 is 0 Å². The van der Waals surface area contributed by atoms with E-state index in [0.29, 0.717) is 36.6 Å². The topological polar surface area (TPSA) is 64.3 Å². The highest BCUT2D eigenvalue weighted by atomic mass is 32.1. The van der Waals surface area contributed by atoms with Crippen LogP contribution in [-0.4, -0.2) is 24.1 Å². The van der Waals surface area contributed by atoms with Crippen molar-refractivity contribution in [3.05, 3.63) is 29.8 Å². The molecule has 4 nitrogen and oxygen atoms in total. The van der Waals surface area contributed by atoms with E-state index in [1.54, 1.807) is 12.1 Å². The van der Waals surface area contributed by atoms with Gasteiger partial charge in [-0.3, -0.25) is 4.79 Å². The van der Waals surface area contributed by atoms with Crippen LogP contribution in [0, 0.1) is 5.92 Å². The van der Waals surface area contributed by atoms with Gasteiger partial charge in [-0.15, -0.1) is 0 Å². The summed E-state index contributed by atoms with van der Waals surface area (Å²) in [4.78, 5) is 12.1. The number of carbonyl (C=O) groups excluding carboxylic acids is 1. The van der Waals surface area contributed by atoms with Crippen LogP contribution in [-0.2, 0) is 9.53 Å². The monoisotopic (exact) mass is 294 g/mol. The largest absolute Gasteiger partial charge is 0.389 e. The summed E-state index contributed by atoms with van der Waals surface area (Å²) in [6.45, 7) is 5.52. The molecule has 20 heavy (non-hydrogen) atoms. The van der Waals surface area contributed by atoms with Crippen LogP contribution < -0.4 is 11.1 Å². The lowest BCUT2D eigenvalue weighted by molar-refractivity contribution is -0.116.